The summed E-state index contributed by atoms with van der Waals surface area (Å²) < 4.78 is 10.4. The Bertz CT molecular complexity index is 662. The van der Waals surface area contributed by atoms with Crippen molar-refractivity contribution >= 4 is 0 Å². The third-order valence-corrected chi connectivity index (χ3v) is 3.78. The molecule has 1 fully saturated rings. The largest absolute Gasteiger partial charge is 0.508 e. The van der Waals surface area contributed by atoms with E-state index in [0.717, 1.165) is 5.56 Å². The molecule has 0 bridgehead atoms. The normalized spacial score (nSPS) is 22.2. The predicted molar refractivity (Wildman–Crippen MR) is 117 cm³/mol. The van der Waals surface area contributed by atoms with Crippen molar-refractivity contribution in [1.82, 2.24) is 0 Å². The molecular formula is C23H36O7. The summed E-state index contributed by atoms with van der Waals surface area (Å²) in [6, 6.07) is 11.7. The summed E-state index contributed by atoms with van der Waals surface area (Å²) >= 11 is 0. The summed E-state index contributed by atoms with van der Waals surface area (Å²) in [7, 11) is 0. The van der Waals surface area contributed by atoms with Crippen molar-refractivity contribution in [2.24, 2.45) is 0 Å². The SMILES string of the molecule is CC.CC.Cc1cc(O)cc(OC2OC[C@@H](O)[C@H](O)[C@H]2O)c1.Cc1ccc(O)cc1. The summed E-state index contributed by atoms with van der Waals surface area (Å²) in [5.41, 5.74) is 1.96. The molecule has 1 heterocycles. The van der Waals surface area contributed by atoms with Crippen LogP contribution in [0.5, 0.6) is 17.2 Å². The number of aromatic hydroxyl groups is 2. The van der Waals surface area contributed by atoms with Crippen LogP contribution in [0.2, 0.25) is 0 Å². The lowest BCUT2D eigenvalue weighted by molar-refractivity contribution is -0.242. The Morgan fingerprint density at radius 3 is 1.83 bits per heavy atom. The number of benzene rings is 2. The molecule has 0 radical (unpaired) electrons. The predicted octanol–water partition coefficient (Wildman–Crippen LogP) is 3.27. The van der Waals surface area contributed by atoms with Gasteiger partial charge in [0.05, 0.1) is 6.61 Å². The van der Waals surface area contributed by atoms with Gasteiger partial charge in [0.2, 0.25) is 6.29 Å². The number of phenolic OH excluding ortho intramolecular Hbond substituents is 2. The van der Waals surface area contributed by atoms with Crippen LogP contribution < -0.4 is 4.74 Å². The second kappa shape index (κ2) is 14.6. The van der Waals surface area contributed by atoms with E-state index in [4.69, 9.17) is 14.6 Å². The van der Waals surface area contributed by atoms with E-state index in [0.29, 0.717) is 11.5 Å². The average Bonchev–Trinajstić information content (AvgIpc) is 2.73. The maximum Gasteiger partial charge on any atom is 0.228 e. The van der Waals surface area contributed by atoms with Gasteiger partial charge in [-0.15, -0.1) is 0 Å². The lowest BCUT2D eigenvalue weighted by Gasteiger charge is -2.34. The van der Waals surface area contributed by atoms with Crippen LogP contribution in [0.15, 0.2) is 42.5 Å². The fourth-order valence-corrected chi connectivity index (χ4v) is 2.36. The van der Waals surface area contributed by atoms with Gasteiger partial charge >= 0.3 is 0 Å². The van der Waals surface area contributed by atoms with Gasteiger partial charge in [-0.2, -0.15) is 0 Å². The number of aliphatic hydroxyl groups excluding tert-OH is 3. The van der Waals surface area contributed by atoms with Gasteiger partial charge < -0.3 is 35.0 Å². The quantitative estimate of drug-likeness (QED) is 0.502. The Morgan fingerprint density at radius 2 is 1.33 bits per heavy atom. The van der Waals surface area contributed by atoms with Gasteiger partial charge in [0.1, 0.15) is 35.6 Å². The standard InChI is InChI=1S/C12H16O6.C7H8O.2C2H6/c1-6-2-7(13)4-8(3-6)18-12-11(16)10(15)9(14)5-17-12;1-6-2-4-7(8)5-3-6;2*1-2/h2-4,9-16H,5H2,1H3;2-5,8H,1H3;2*1-2H3/t9-,10+,11-,12?;;;/m1.../s1. The average molecular weight is 425 g/mol. The summed E-state index contributed by atoms with van der Waals surface area (Å²) in [6.07, 6.45) is -4.88. The van der Waals surface area contributed by atoms with Gasteiger partial charge in [-0.25, -0.2) is 0 Å². The zero-order valence-electron chi connectivity index (χ0n) is 18.6. The zero-order valence-corrected chi connectivity index (χ0v) is 18.6. The third-order valence-electron chi connectivity index (χ3n) is 3.78. The van der Waals surface area contributed by atoms with Crippen molar-refractivity contribution in [1.29, 1.82) is 0 Å². The molecule has 170 valence electrons. The van der Waals surface area contributed by atoms with Crippen molar-refractivity contribution in [2.45, 2.75) is 66.1 Å². The number of aliphatic hydroxyl groups is 3. The van der Waals surface area contributed by atoms with E-state index in [-0.39, 0.29) is 12.4 Å². The highest BCUT2D eigenvalue weighted by Gasteiger charge is 2.39. The van der Waals surface area contributed by atoms with E-state index in [1.807, 2.05) is 46.8 Å². The molecule has 3 rings (SSSR count). The van der Waals surface area contributed by atoms with Gasteiger partial charge in [-0.05, 0) is 43.7 Å². The molecule has 30 heavy (non-hydrogen) atoms. The van der Waals surface area contributed by atoms with Gasteiger partial charge in [0.25, 0.3) is 0 Å². The zero-order chi connectivity index (χ0) is 23.3. The van der Waals surface area contributed by atoms with Gasteiger partial charge in [0.15, 0.2) is 0 Å². The monoisotopic (exact) mass is 424 g/mol. The highest BCUT2D eigenvalue weighted by molar-refractivity contribution is 5.37. The number of hydrogen-bond donors (Lipinski definition) is 5. The van der Waals surface area contributed by atoms with Crippen LogP contribution in [0.1, 0.15) is 38.8 Å². The summed E-state index contributed by atoms with van der Waals surface area (Å²) in [5, 5.41) is 46.6. The molecular weight excluding hydrogens is 388 g/mol. The molecule has 2 aromatic carbocycles. The van der Waals surface area contributed by atoms with E-state index < -0.39 is 24.6 Å². The van der Waals surface area contributed by atoms with Crippen LogP contribution in [0, 0.1) is 13.8 Å². The molecule has 5 N–H and O–H groups in total. The van der Waals surface area contributed by atoms with Crippen LogP contribution in [0.4, 0.5) is 0 Å². The van der Waals surface area contributed by atoms with E-state index in [2.05, 4.69) is 0 Å². The topological polar surface area (TPSA) is 120 Å². The first kappa shape index (κ1) is 27.7. The van der Waals surface area contributed by atoms with Crippen molar-refractivity contribution in [3.8, 4) is 17.2 Å². The highest BCUT2D eigenvalue weighted by atomic mass is 16.7. The first-order valence-corrected chi connectivity index (χ1v) is 10.1. The fraction of sp³-hybridized carbons (Fsp3) is 0.478. The van der Waals surface area contributed by atoms with Gasteiger partial charge in [-0.3, -0.25) is 0 Å². The molecule has 7 heteroatoms. The van der Waals surface area contributed by atoms with Crippen molar-refractivity contribution in [2.75, 3.05) is 6.61 Å². The fourth-order valence-electron chi connectivity index (χ4n) is 2.36. The molecule has 0 aromatic heterocycles. The molecule has 7 nitrogen and oxygen atoms in total. The molecule has 0 spiro atoms. The molecule has 0 amide bonds. The highest BCUT2D eigenvalue weighted by Crippen LogP contribution is 2.25. The van der Waals surface area contributed by atoms with E-state index >= 15 is 0 Å². The maximum atomic E-state index is 9.69. The van der Waals surface area contributed by atoms with Gasteiger partial charge in [0, 0.05) is 6.07 Å². The second-order valence-corrected chi connectivity index (χ2v) is 6.21. The van der Waals surface area contributed by atoms with E-state index in [9.17, 15) is 20.4 Å². The Morgan fingerprint density at radius 1 is 0.767 bits per heavy atom. The maximum absolute atomic E-state index is 9.69. The Labute approximate surface area is 179 Å². The van der Waals surface area contributed by atoms with Crippen LogP contribution in [-0.4, -0.2) is 56.7 Å². The van der Waals surface area contributed by atoms with Crippen LogP contribution in [0.3, 0.4) is 0 Å². The molecule has 1 aliphatic heterocycles. The number of phenols is 2. The molecule has 1 unspecified atom stereocenters. The summed E-state index contributed by atoms with van der Waals surface area (Å²) in [6.45, 7) is 11.6. The Hall–Kier alpha value is -2.32. The van der Waals surface area contributed by atoms with E-state index in [1.54, 1.807) is 31.2 Å². The minimum Gasteiger partial charge on any atom is -0.508 e. The Balaban J connectivity index is 0.000000585. The second-order valence-electron chi connectivity index (χ2n) is 6.21. The van der Waals surface area contributed by atoms with Crippen molar-refractivity contribution in [3.63, 3.8) is 0 Å². The first-order chi connectivity index (χ1) is 14.3. The smallest absolute Gasteiger partial charge is 0.228 e. The lowest BCUT2D eigenvalue weighted by atomic mass is 10.1. The summed E-state index contributed by atoms with van der Waals surface area (Å²) in [4.78, 5) is 0. The number of aryl methyl sites for hydroxylation is 2. The van der Waals surface area contributed by atoms with Crippen molar-refractivity contribution in [3.05, 3.63) is 53.6 Å². The molecule has 0 aliphatic carbocycles. The number of hydrogen-bond acceptors (Lipinski definition) is 7. The van der Waals surface area contributed by atoms with Crippen LogP contribution in [-0.2, 0) is 4.74 Å². The van der Waals surface area contributed by atoms with Crippen LogP contribution in [0.25, 0.3) is 0 Å². The molecule has 4 atom stereocenters. The van der Waals surface area contributed by atoms with Crippen molar-refractivity contribution < 1.29 is 35.0 Å². The minimum absolute atomic E-state index is 0.0379. The number of ether oxygens (including phenoxy) is 2. The molecule has 0 saturated carbocycles. The number of rotatable bonds is 2. The molecule has 1 saturated heterocycles. The lowest BCUT2D eigenvalue weighted by Crippen LogP contribution is -2.54. The van der Waals surface area contributed by atoms with Gasteiger partial charge in [-0.1, -0.05) is 45.4 Å². The minimum atomic E-state index is -1.35. The summed E-state index contributed by atoms with van der Waals surface area (Å²) in [5.74, 6) is 0.687. The van der Waals surface area contributed by atoms with E-state index in [1.165, 1.54) is 11.6 Å². The third kappa shape index (κ3) is 9.45. The molecule has 2 aromatic rings. The van der Waals surface area contributed by atoms with Crippen LogP contribution >= 0.6 is 0 Å². The molecule has 1 aliphatic rings. The Kier molecular flexibility index (Phi) is 13.5. The first-order valence-electron chi connectivity index (χ1n) is 10.1.